The Morgan fingerprint density at radius 3 is 2.74 bits per heavy atom. The van der Waals surface area contributed by atoms with Crippen LogP contribution in [0.4, 0.5) is 4.39 Å². The topological polar surface area (TPSA) is 23.6 Å². The van der Waals surface area contributed by atoms with Gasteiger partial charge in [0.05, 0.1) is 0 Å². The number of hydrogen-bond donors (Lipinski definition) is 0. The van der Waals surface area contributed by atoms with E-state index >= 15 is 0 Å². The first kappa shape index (κ1) is 14.8. The predicted molar refractivity (Wildman–Crippen MR) is 74.8 cm³/mol. The van der Waals surface area contributed by atoms with Gasteiger partial charge < -0.3 is 9.80 Å². The maximum Gasteiger partial charge on any atom is 0.223 e. The van der Waals surface area contributed by atoms with E-state index in [4.69, 9.17) is 0 Å². The number of amides is 1. The minimum atomic E-state index is -0.413. The van der Waals surface area contributed by atoms with Crippen molar-refractivity contribution in [2.24, 2.45) is 5.92 Å². The van der Waals surface area contributed by atoms with Crippen LogP contribution in [-0.2, 0) is 4.79 Å². The Labute approximate surface area is 116 Å². The molecule has 1 atom stereocenters. The quantitative estimate of drug-likeness (QED) is 0.783. The molecule has 19 heavy (non-hydrogen) atoms. The Balaban J connectivity index is 2.02. The summed E-state index contributed by atoms with van der Waals surface area (Å²) in [5.41, 5.74) is -0.0328. The van der Waals surface area contributed by atoms with Crippen LogP contribution in [0.15, 0.2) is 0 Å². The largest absolute Gasteiger partial charge is 0.334 e. The lowest BCUT2D eigenvalue weighted by molar-refractivity contribution is -0.131. The Hall–Kier alpha value is -0.640. The van der Waals surface area contributed by atoms with Crippen molar-refractivity contribution in [3.63, 3.8) is 0 Å². The Kier molecular flexibility index (Phi) is 4.82. The number of rotatable bonds is 4. The number of alkyl halides is 1. The zero-order valence-corrected chi connectivity index (χ0v) is 12.3. The molecule has 0 aromatic rings. The Morgan fingerprint density at radius 1 is 1.26 bits per heavy atom. The SMILES string of the molecule is CC(C)CN1CCCC2(CCC(=O)N2CCF)CC1. The summed E-state index contributed by atoms with van der Waals surface area (Å²) < 4.78 is 12.7. The molecule has 2 fully saturated rings. The van der Waals surface area contributed by atoms with E-state index in [1.165, 1.54) is 0 Å². The predicted octanol–water partition coefficient (Wildman–Crippen LogP) is 2.46. The summed E-state index contributed by atoms with van der Waals surface area (Å²) >= 11 is 0. The van der Waals surface area contributed by atoms with E-state index in [1.54, 1.807) is 0 Å². The van der Waals surface area contributed by atoms with Gasteiger partial charge in [-0.25, -0.2) is 4.39 Å². The maximum absolute atomic E-state index is 12.7. The van der Waals surface area contributed by atoms with Gasteiger partial charge in [0.15, 0.2) is 0 Å². The lowest BCUT2D eigenvalue weighted by Crippen LogP contribution is -2.47. The van der Waals surface area contributed by atoms with E-state index in [9.17, 15) is 9.18 Å². The third-order valence-corrected chi connectivity index (χ3v) is 4.62. The molecule has 0 saturated carbocycles. The highest BCUT2D eigenvalue weighted by molar-refractivity contribution is 5.79. The highest BCUT2D eigenvalue weighted by atomic mass is 19.1. The molecule has 0 aliphatic carbocycles. The van der Waals surface area contributed by atoms with E-state index in [2.05, 4.69) is 18.7 Å². The molecule has 110 valence electrons. The van der Waals surface area contributed by atoms with Crippen LogP contribution >= 0.6 is 0 Å². The Bertz CT molecular complexity index is 321. The number of carbonyl (C=O) groups is 1. The van der Waals surface area contributed by atoms with Crippen LogP contribution in [0.1, 0.15) is 46.0 Å². The molecule has 0 bridgehead atoms. The Morgan fingerprint density at radius 2 is 2.05 bits per heavy atom. The molecule has 0 aromatic carbocycles. The number of nitrogens with zero attached hydrogens (tertiary/aromatic N) is 2. The summed E-state index contributed by atoms with van der Waals surface area (Å²) in [5, 5.41) is 0. The van der Waals surface area contributed by atoms with Crippen LogP contribution in [0.2, 0.25) is 0 Å². The van der Waals surface area contributed by atoms with E-state index in [0.717, 1.165) is 45.3 Å². The van der Waals surface area contributed by atoms with Crippen molar-refractivity contribution < 1.29 is 9.18 Å². The third-order valence-electron chi connectivity index (χ3n) is 4.62. The fraction of sp³-hybridized carbons (Fsp3) is 0.933. The molecular weight excluding hydrogens is 243 g/mol. The number of likely N-dealkylation sites (tertiary alicyclic amines) is 2. The van der Waals surface area contributed by atoms with Crippen molar-refractivity contribution in [2.45, 2.75) is 51.5 Å². The summed E-state index contributed by atoms with van der Waals surface area (Å²) in [7, 11) is 0. The van der Waals surface area contributed by atoms with E-state index in [1.807, 2.05) is 4.90 Å². The monoisotopic (exact) mass is 270 g/mol. The van der Waals surface area contributed by atoms with Crippen molar-refractivity contribution in [1.82, 2.24) is 9.80 Å². The van der Waals surface area contributed by atoms with E-state index < -0.39 is 6.67 Å². The molecule has 2 heterocycles. The summed E-state index contributed by atoms with van der Waals surface area (Å²) in [5.74, 6) is 0.844. The zero-order valence-electron chi connectivity index (χ0n) is 12.3. The van der Waals surface area contributed by atoms with Gasteiger partial charge in [-0.2, -0.15) is 0 Å². The first-order valence-electron chi connectivity index (χ1n) is 7.66. The van der Waals surface area contributed by atoms with Gasteiger partial charge >= 0.3 is 0 Å². The van der Waals surface area contributed by atoms with Gasteiger partial charge in [0.2, 0.25) is 5.91 Å². The molecule has 0 radical (unpaired) electrons. The molecule has 2 saturated heterocycles. The highest BCUT2D eigenvalue weighted by Gasteiger charge is 2.45. The van der Waals surface area contributed by atoms with Gasteiger partial charge in [-0.15, -0.1) is 0 Å². The smallest absolute Gasteiger partial charge is 0.223 e. The fourth-order valence-electron chi connectivity index (χ4n) is 3.77. The normalized spacial score (nSPS) is 29.5. The van der Waals surface area contributed by atoms with Crippen LogP contribution in [0.5, 0.6) is 0 Å². The van der Waals surface area contributed by atoms with Crippen molar-refractivity contribution in [2.75, 3.05) is 32.9 Å². The molecule has 2 aliphatic rings. The van der Waals surface area contributed by atoms with Crippen molar-refractivity contribution >= 4 is 5.91 Å². The first-order valence-corrected chi connectivity index (χ1v) is 7.66. The lowest BCUT2D eigenvalue weighted by atomic mass is 9.88. The van der Waals surface area contributed by atoms with Gasteiger partial charge in [0.25, 0.3) is 0 Å². The minimum absolute atomic E-state index is 0.0328. The average Bonchev–Trinajstić information content (AvgIpc) is 2.55. The number of halogens is 1. The molecule has 2 rings (SSSR count). The summed E-state index contributed by atoms with van der Waals surface area (Å²) in [6.07, 6.45) is 4.74. The maximum atomic E-state index is 12.7. The lowest BCUT2D eigenvalue weighted by Gasteiger charge is -2.37. The number of carbonyl (C=O) groups excluding carboxylic acids is 1. The first-order chi connectivity index (χ1) is 9.07. The molecule has 1 amide bonds. The standard InChI is InChI=1S/C15H27FN2O/c1-13(2)12-17-9-3-5-15(7-10-17)6-4-14(19)18(15)11-8-16/h13H,3-12H2,1-2H3. The minimum Gasteiger partial charge on any atom is -0.334 e. The van der Waals surface area contributed by atoms with Crippen molar-refractivity contribution in [3.8, 4) is 0 Å². The van der Waals surface area contributed by atoms with Gasteiger partial charge in [0.1, 0.15) is 6.67 Å². The van der Waals surface area contributed by atoms with E-state index in [-0.39, 0.29) is 11.4 Å². The molecular formula is C15H27FN2O. The van der Waals surface area contributed by atoms with Crippen LogP contribution in [0, 0.1) is 5.92 Å². The summed E-state index contributed by atoms with van der Waals surface area (Å²) in [6.45, 7) is 7.68. The average molecular weight is 270 g/mol. The molecule has 0 aromatic heterocycles. The van der Waals surface area contributed by atoms with Crippen LogP contribution < -0.4 is 0 Å². The second-order valence-electron chi connectivity index (χ2n) is 6.51. The molecule has 3 nitrogen and oxygen atoms in total. The van der Waals surface area contributed by atoms with Crippen LogP contribution in [-0.4, -0.2) is 54.1 Å². The fourth-order valence-corrected chi connectivity index (χ4v) is 3.77. The number of hydrogen-bond acceptors (Lipinski definition) is 2. The molecule has 2 aliphatic heterocycles. The molecule has 0 N–H and O–H groups in total. The van der Waals surface area contributed by atoms with Gasteiger partial charge in [-0.1, -0.05) is 13.8 Å². The summed E-state index contributed by atoms with van der Waals surface area (Å²) in [4.78, 5) is 16.3. The third kappa shape index (κ3) is 3.28. The second-order valence-corrected chi connectivity index (χ2v) is 6.51. The van der Waals surface area contributed by atoms with Crippen LogP contribution in [0.25, 0.3) is 0 Å². The highest BCUT2D eigenvalue weighted by Crippen LogP contribution is 2.38. The van der Waals surface area contributed by atoms with Crippen molar-refractivity contribution in [1.29, 1.82) is 0 Å². The molecule has 1 spiro atoms. The van der Waals surface area contributed by atoms with Gasteiger partial charge in [0, 0.05) is 31.6 Å². The zero-order chi connectivity index (χ0) is 13.9. The van der Waals surface area contributed by atoms with Gasteiger partial charge in [-0.05, 0) is 38.1 Å². The van der Waals surface area contributed by atoms with Crippen molar-refractivity contribution in [3.05, 3.63) is 0 Å². The molecule has 4 heteroatoms. The van der Waals surface area contributed by atoms with Crippen LogP contribution in [0.3, 0.4) is 0 Å². The van der Waals surface area contributed by atoms with Gasteiger partial charge in [-0.3, -0.25) is 4.79 Å². The second kappa shape index (κ2) is 6.21. The van der Waals surface area contributed by atoms with E-state index in [0.29, 0.717) is 18.9 Å². The molecule has 1 unspecified atom stereocenters. The summed E-state index contributed by atoms with van der Waals surface area (Å²) in [6, 6.07) is 0.